The largest absolute Gasteiger partial charge is 0.492 e. The van der Waals surface area contributed by atoms with E-state index < -0.39 is 10.0 Å². The topological polar surface area (TPSA) is 81.4 Å². The molecule has 5 nitrogen and oxygen atoms in total. The standard InChI is InChI=1S/C12H20N2O3S/c1-10(2)9-18(15,16)14-7-8-17-12-5-3-11(13)4-6-12/h3-6,10,14H,7-9,13H2,1-2H3. The first-order valence-corrected chi connectivity index (χ1v) is 7.50. The molecule has 0 aliphatic carbocycles. The summed E-state index contributed by atoms with van der Waals surface area (Å²) in [5, 5.41) is 0. The van der Waals surface area contributed by atoms with Gasteiger partial charge < -0.3 is 10.5 Å². The molecule has 0 bridgehead atoms. The lowest BCUT2D eigenvalue weighted by atomic mass is 10.3. The van der Waals surface area contributed by atoms with Crippen molar-refractivity contribution >= 4 is 15.7 Å². The zero-order chi connectivity index (χ0) is 13.6. The second-order valence-corrected chi connectivity index (χ2v) is 6.34. The average Bonchev–Trinajstić information content (AvgIpc) is 2.25. The zero-order valence-corrected chi connectivity index (χ0v) is 11.5. The minimum Gasteiger partial charge on any atom is -0.492 e. The Hall–Kier alpha value is -1.27. The van der Waals surface area contributed by atoms with E-state index in [4.69, 9.17) is 10.5 Å². The van der Waals surface area contributed by atoms with Crippen LogP contribution in [0.3, 0.4) is 0 Å². The fourth-order valence-electron chi connectivity index (χ4n) is 1.43. The molecular weight excluding hydrogens is 252 g/mol. The molecule has 1 rings (SSSR count). The lowest BCUT2D eigenvalue weighted by Gasteiger charge is -2.10. The van der Waals surface area contributed by atoms with Crippen LogP contribution < -0.4 is 15.2 Å². The van der Waals surface area contributed by atoms with Crippen molar-refractivity contribution in [2.75, 3.05) is 24.6 Å². The molecule has 0 radical (unpaired) electrons. The van der Waals surface area contributed by atoms with Crippen molar-refractivity contribution in [1.29, 1.82) is 0 Å². The molecular formula is C12H20N2O3S. The number of nitrogens with one attached hydrogen (secondary N) is 1. The number of hydrogen-bond donors (Lipinski definition) is 2. The molecule has 6 heteroatoms. The number of anilines is 1. The SMILES string of the molecule is CC(C)CS(=O)(=O)NCCOc1ccc(N)cc1. The molecule has 0 heterocycles. The van der Waals surface area contributed by atoms with E-state index in [0.717, 1.165) is 0 Å². The zero-order valence-electron chi connectivity index (χ0n) is 10.7. The summed E-state index contributed by atoms with van der Waals surface area (Å²) in [5.74, 6) is 0.919. The van der Waals surface area contributed by atoms with Gasteiger partial charge in [-0.3, -0.25) is 0 Å². The highest BCUT2D eigenvalue weighted by Gasteiger charge is 2.11. The van der Waals surface area contributed by atoms with Crippen molar-refractivity contribution in [1.82, 2.24) is 4.72 Å². The summed E-state index contributed by atoms with van der Waals surface area (Å²) >= 11 is 0. The van der Waals surface area contributed by atoms with Gasteiger partial charge in [-0.2, -0.15) is 0 Å². The highest BCUT2D eigenvalue weighted by Crippen LogP contribution is 2.12. The quantitative estimate of drug-likeness (QED) is 0.577. The lowest BCUT2D eigenvalue weighted by molar-refractivity contribution is 0.323. The maximum absolute atomic E-state index is 11.5. The van der Waals surface area contributed by atoms with Gasteiger partial charge in [0.25, 0.3) is 0 Å². The summed E-state index contributed by atoms with van der Waals surface area (Å²) in [7, 11) is -3.19. The minimum atomic E-state index is -3.19. The Balaban J connectivity index is 2.28. The molecule has 0 aliphatic rings. The van der Waals surface area contributed by atoms with Gasteiger partial charge in [-0.05, 0) is 30.2 Å². The third-order valence-electron chi connectivity index (χ3n) is 2.13. The van der Waals surface area contributed by atoms with Crippen LogP contribution in [-0.4, -0.2) is 27.3 Å². The molecule has 0 unspecified atom stereocenters. The van der Waals surface area contributed by atoms with Crippen LogP contribution in [0.15, 0.2) is 24.3 Å². The second-order valence-electron chi connectivity index (χ2n) is 4.49. The number of benzene rings is 1. The number of nitrogens with two attached hydrogens (primary N) is 1. The Kier molecular flexibility index (Phi) is 5.43. The van der Waals surface area contributed by atoms with E-state index in [9.17, 15) is 8.42 Å². The van der Waals surface area contributed by atoms with Crippen LogP contribution in [0, 0.1) is 5.92 Å². The Morgan fingerprint density at radius 3 is 2.44 bits per heavy atom. The predicted molar refractivity (Wildman–Crippen MR) is 73.0 cm³/mol. The van der Waals surface area contributed by atoms with Gasteiger partial charge in [-0.1, -0.05) is 13.8 Å². The first-order valence-electron chi connectivity index (χ1n) is 5.85. The summed E-state index contributed by atoms with van der Waals surface area (Å²) in [6.45, 7) is 4.29. The Labute approximate surface area is 108 Å². The van der Waals surface area contributed by atoms with Crippen molar-refractivity contribution in [2.45, 2.75) is 13.8 Å². The van der Waals surface area contributed by atoms with E-state index in [1.165, 1.54) is 0 Å². The van der Waals surface area contributed by atoms with Gasteiger partial charge in [0.15, 0.2) is 0 Å². The minimum absolute atomic E-state index is 0.112. The highest BCUT2D eigenvalue weighted by molar-refractivity contribution is 7.89. The molecule has 3 N–H and O–H groups in total. The molecule has 0 spiro atoms. The van der Waals surface area contributed by atoms with Gasteiger partial charge in [0.1, 0.15) is 12.4 Å². The van der Waals surface area contributed by atoms with Crippen LogP contribution in [0.4, 0.5) is 5.69 Å². The van der Waals surface area contributed by atoms with Crippen LogP contribution in [0.2, 0.25) is 0 Å². The summed E-state index contributed by atoms with van der Waals surface area (Å²) in [6.07, 6.45) is 0. The first kappa shape index (κ1) is 14.8. The van der Waals surface area contributed by atoms with Crippen molar-refractivity contribution < 1.29 is 13.2 Å². The third-order valence-corrected chi connectivity index (χ3v) is 3.88. The van der Waals surface area contributed by atoms with Gasteiger partial charge in [-0.15, -0.1) is 0 Å². The summed E-state index contributed by atoms with van der Waals surface area (Å²) in [6, 6.07) is 6.96. The van der Waals surface area contributed by atoms with Crippen LogP contribution in [0.5, 0.6) is 5.75 Å². The van der Waals surface area contributed by atoms with E-state index in [2.05, 4.69) is 4.72 Å². The number of sulfonamides is 1. The van der Waals surface area contributed by atoms with E-state index in [1.807, 2.05) is 13.8 Å². The fraction of sp³-hybridized carbons (Fsp3) is 0.500. The average molecular weight is 272 g/mol. The molecule has 0 amide bonds. The highest BCUT2D eigenvalue weighted by atomic mass is 32.2. The lowest BCUT2D eigenvalue weighted by Crippen LogP contribution is -2.31. The monoisotopic (exact) mass is 272 g/mol. The van der Waals surface area contributed by atoms with Crippen molar-refractivity contribution in [2.24, 2.45) is 5.92 Å². The van der Waals surface area contributed by atoms with E-state index in [1.54, 1.807) is 24.3 Å². The summed E-state index contributed by atoms with van der Waals surface area (Å²) < 4.78 is 30.9. The van der Waals surface area contributed by atoms with E-state index in [0.29, 0.717) is 18.0 Å². The molecule has 0 atom stereocenters. The van der Waals surface area contributed by atoms with E-state index in [-0.39, 0.29) is 18.2 Å². The van der Waals surface area contributed by atoms with Gasteiger partial charge in [0.05, 0.1) is 5.75 Å². The fourth-order valence-corrected chi connectivity index (χ4v) is 2.82. The van der Waals surface area contributed by atoms with Crippen molar-refractivity contribution in [3.8, 4) is 5.75 Å². The molecule has 102 valence electrons. The normalized spacial score (nSPS) is 11.7. The molecule has 1 aromatic rings. The number of rotatable bonds is 7. The van der Waals surface area contributed by atoms with Crippen LogP contribution in [0.1, 0.15) is 13.8 Å². The van der Waals surface area contributed by atoms with Crippen LogP contribution in [-0.2, 0) is 10.0 Å². The Bertz CT molecular complexity index is 455. The van der Waals surface area contributed by atoms with Crippen LogP contribution in [0.25, 0.3) is 0 Å². The molecule has 0 fully saturated rings. The summed E-state index contributed by atoms with van der Waals surface area (Å²) in [4.78, 5) is 0. The number of nitrogen functional groups attached to an aromatic ring is 1. The van der Waals surface area contributed by atoms with Gasteiger partial charge in [0, 0.05) is 12.2 Å². The molecule has 18 heavy (non-hydrogen) atoms. The summed E-state index contributed by atoms with van der Waals surface area (Å²) in [5.41, 5.74) is 6.20. The molecule has 0 saturated carbocycles. The molecule has 1 aromatic carbocycles. The van der Waals surface area contributed by atoms with Crippen molar-refractivity contribution in [3.63, 3.8) is 0 Å². The maximum Gasteiger partial charge on any atom is 0.211 e. The van der Waals surface area contributed by atoms with Crippen molar-refractivity contribution in [3.05, 3.63) is 24.3 Å². The Morgan fingerprint density at radius 2 is 1.89 bits per heavy atom. The first-order chi connectivity index (χ1) is 8.39. The molecule has 0 saturated heterocycles. The second kappa shape index (κ2) is 6.61. The number of ether oxygens (including phenoxy) is 1. The Morgan fingerprint density at radius 1 is 1.28 bits per heavy atom. The number of hydrogen-bond acceptors (Lipinski definition) is 4. The predicted octanol–water partition coefficient (Wildman–Crippen LogP) is 1.22. The maximum atomic E-state index is 11.5. The molecule has 0 aliphatic heterocycles. The third kappa shape index (κ3) is 5.88. The molecule has 0 aromatic heterocycles. The van der Waals surface area contributed by atoms with Gasteiger partial charge in [-0.25, -0.2) is 13.1 Å². The van der Waals surface area contributed by atoms with Crippen LogP contribution >= 0.6 is 0 Å². The smallest absolute Gasteiger partial charge is 0.211 e. The van der Waals surface area contributed by atoms with Gasteiger partial charge in [0.2, 0.25) is 10.0 Å². The van der Waals surface area contributed by atoms with Gasteiger partial charge >= 0.3 is 0 Å². The van der Waals surface area contributed by atoms with E-state index >= 15 is 0 Å².